The number of benzene rings is 2. The Kier molecular flexibility index (Phi) is 10.0. The maximum Gasteiger partial charge on any atom is 0.290 e. The quantitative estimate of drug-likeness (QED) is 0.379. The smallest absolute Gasteiger partial charge is 0.290 e. The Balaban J connectivity index is 2.00. The molecule has 10 nitrogen and oxygen atoms in total. The van der Waals surface area contributed by atoms with Crippen molar-refractivity contribution in [3.05, 3.63) is 47.5 Å². The molecule has 0 radical (unpaired) electrons. The average Bonchev–Trinajstić information content (AvgIpc) is 2.86. The number of hydrogen-bond donors (Lipinski definition) is 0. The summed E-state index contributed by atoms with van der Waals surface area (Å²) in [4.78, 5) is 36.5. The Bertz CT molecular complexity index is 1020. The standard InChI is InChI=1S/C23H26N2O8S2/c1-24(22(26)16-11-14(28-3)7-9-18(16)30-5)32-20(34)13-21(35)33-25(2)23(27)17-12-15(29-4)8-10-19(17)31-6/h7-12H,13H2,1-6H3. The molecule has 2 rings (SSSR count). The van der Waals surface area contributed by atoms with Crippen molar-refractivity contribution in [1.82, 2.24) is 10.1 Å². The van der Waals surface area contributed by atoms with Crippen LogP contribution in [0, 0.1) is 0 Å². The van der Waals surface area contributed by atoms with Crippen LogP contribution in [0.25, 0.3) is 0 Å². The number of carbonyl (C=O) groups excluding carboxylic acids is 2. The number of nitrogens with zero attached hydrogens (tertiary/aromatic N) is 2. The van der Waals surface area contributed by atoms with Gasteiger partial charge in [-0.15, -0.1) is 0 Å². The fourth-order valence-corrected chi connectivity index (χ4v) is 3.45. The lowest BCUT2D eigenvalue weighted by molar-refractivity contribution is -0.0294. The molecule has 0 saturated heterocycles. The molecule has 0 aromatic heterocycles. The van der Waals surface area contributed by atoms with Crippen molar-refractivity contribution >= 4 is 46.4 Å². The topological polar surface area (TPSA) is 96.0 Å². The van der Waals surface area contributed by atoms with E-state index in [9.17, 15) is 9.59 Å². The molecule has 0 fully saturated rings. The largest absolute Gasteiger partial charge is 0.497 e. The van der Waals surface area contributed by atoms with Crippen LogP contribution in [0.3, 0.4) is 0 Å². The van der Waals surface area contributed by atoms with Crippen molar-refractivity contribution in [3.8, 4) is 23.0 Å². The first kappa shape index (κ1) is 27.6. The molecule has 2 amide bonds. The normalized spacial score (nSPS) is 10.0. The van der Waals surface area contributed by atoms with E-state index in [1.54, 1.807) is 24.3 Å². The van der Waals surface area contributed by atoms with Crippen LogP contribution < -0.4 is 18.9 Å². The second-order valence-electron chi connectivity index (χ2n) is 6.84. The average molecular weight is 523 g/mol. The minimum absolute atomic E-state index is 0.0486. The van der Waals surface area contributed by atoms with Gasteiger partial charge in [0.25, 0.3) is 11.8 Å². The molecule has 0 aliphatic heterocycles. The van der Waals surface area contributed by atoms with Crippen LogP contribution in [-0.2, 0) is 9.68 Å². The summed E-state index contributed by atoms with van der Waals surface area (Å²) < 4.78 is 20.8. The zero-order valence-electron chi connectivity index (χ0n) is 20.1. The van der Waals surface area contributed by atoms with Crippen LogP contribution in [0.1, 0.15) is 27.1 Å². The molecule has 2 aromatic carbocycles. The van der Waals surface area contributed by atoms with Gasteiger partial charge in [-0.25, -0.2) is 0 Å². The van der Waals surface area contributed by atoms with Gasteiger partial charge in [0.15, 0.2) is 0 Å². The molecule has 35 heavy (non-hydrogen) atoms. The van der Waals surface area contributed by atoms with Gasteiger partial charge in [0, 0.05) is 14.1 Å². The van der Waals surface area contributed by atoms with Crippen molar-refractivity contribution in [2.24, 2.45) is 0 Å². The number of amides is 2. The molecule has 0 atom stereocenters. The first-order valence-electron chi connectivity index (χ1n) is 10.1. The zero-order valence-corrected chi connectivity index (χ0v) is 21.8. The summed E-state index contributed by atoms with van der Waals surface area (Å²) in [5.41, 5.74) is 0.432. The first-order chi connectivity index (χ1) is 16.6. The van der Waals surface area contributed by atoms with E-state index < -0.39 is 11.8 Å². The highest BCUT2D eigenvalue weighted by molar-refractivity contribution is 7.81. The van der Waals surface area contributed by atoms with E-state index in [-0.39, 0.29) is 27.6 Å². The Morgan fingerprint density at radius 2 is 1.06 bits per heavy atom. The number of hydroxylamine groups is 4. The molecule has 0 heterocycles. The molecule has 0 spiro atoms. The Morgan fingerprint density at radius 3 is 1.37 bits per heavy atom. The van der Waals surface area contributed by atoms with Gasteiger partial charge in [0.2, 0.25) is 10.1 Å². The van der Waals surface area contributed by atoms with Gasteiger partial charge in [-0.2, -0.15) is 10.1 Å². The molecule has 2 aromatic rings. The number of methoxy groups -OCH3 is 4. The van der Waals surface area contributed by atoms with Crippen LogP contribution in [0.4, 0.5) is 0 Å². The van der Waals surface area contributed by atoms with E-state index in [1.807, 2.05) is 0 Å². The molecule has 0 saturated carbocycles. The summed E-state index contributed by atoms with van der Waals surface area (Å²) in [7, 11) is 8.64. The minimum atomic E-state index is -0.521. The van der Waals surface area contributed by atoms with Gasteiger partial charge in [-0.3, -0.25) is 9.59 Å². The van der Waals surface area contributed by atoms with Crippen LogP contribution in [-0.4, -0.2) is 74.6 Å². The number of rotatable bonds is 8. The highest BCUT2D eigenvalue weighted by Crippen LogP contribution is 2.26. The van der Waals surface area contributed by atoms with Crippen molar-refractivity contribution < 1.29 is 38.2 Å². The maximum absolute atomic E-state index is 12.8. The Labute approximate surface area is 214 Å². The third-order valence-electron chi connectivity index (χ3n) is 4.61. The molecular weight excluding hydrogens is 496 g/mol. The van der Waals surface area contributed by atoms with Gasteiger partial charge in [-0.05, 0) is 60.8 Å². The van der Waals surface area contributed by atoms with Crippen molar-refractivity contribution in [1.29, 1.82) is 0 Å². The first-order valence-corrected chi connectivity index (χ1v) is 10.9. The van der Waals surface area contributed by atoms with Crippen LogP contribution >= 0.6 is 24.4 Å². The predicted molar refractivity (Wildman–Crippen MR) is 135 cm³/mol. The van der Waals surface area contributed by atoms with Crippen molar-refractivity contribution in [2.45, 2.75) is 6.42 Å². The third-order valence-corrected chi connectivity index (χ3v) is 5.05. The molecule has 0 unspecified atom stereocenters. The summed E-state index contributed by atoms with van der Waals surface area (Å²) in [5, 5.41) is 1.79. The van der Waals surface area contributed by atoms with Crippen LogP contribution in [0.2, 0.25) is 0 Å². The van der Waals surface area contributed by atoms with Crippen LogP contribution in [0.5, 0.6) is 23.0 Å². The second-order valence-corrected chi connectivity index (χ2v) is 7.75. The van der Waals surface area contributed by atoms with Gasteiger partial charge < -0.3 is 28.6 Å². The van der Waals surface area contributed by atoms with Crippen molar-refractivity contribution in [3.63, 3.8) is 0 Å². The summed E-state index contributed by atoms with van der Waals surface area (Å²) in [6, 6.07) is 9.57. The van der Waals surface area contributed by atoms with Gasteiger partial charge in [0.05, 0.1) is 46.0 Å². The lowest BCUT2D eigenvalue weighted by atomic mass is 10.1. The van der Waals surface area contributed by atoms with E-state index in [2.05, 4.69) is 0 Å². The molecule has 12 heteroatoms. The highest BCUT2D eigenvalue weighted by atomic mass is 32.1. The van der Waals surface area contributed by atoms with Crippen molar-refractivity contribution in [2.75, 3.05) is 42.5 Å². The molecule has 0 N–H and O–H groups in total. The van der Waals surface area contributed by atoms with Crippen LogP contribution in [0.15, 0.2) is 36.4 Å². The second kappa shape index (κ2) is 12.7. The fourth-order valence-electron chi connectivity index (χ4n) is 2.87. The third kappa shape index (κ3) is 7.17. The monoisotopic (exact) mass is 522 g/mol. The van der Waals surface area contributed by atoms with Gasteiger partial charge in [-0.1, -0.05) is 0 Å². The summed E-state index contributed by atoms with van der Waals surface area (Å²) >= 11 is 10.4. The SMILES string of the molecule is COc1ccc(OC)c(C(=O)N(C)OC(=S)CC(=S)ON(C)C(=O)c2cc(OC)ccc2OC)c1. The molecule has 0 aliphatic rings. The van der Waals surface area contributed by atoms with Gasteiger partial charge in [0.1, 0.15) is 23.0 Å². The summed E-state index contributed by atoms with van der Waals surface area (Å²) in [6.07, 6.45) is -0.135. The van der Waals surface area contributed by atoms with Gasteiger partial charge >= 0.3 is 0 Å². The highest BCUT2D eigenvalue weighted by Gasteiger charge is 2.23. The Hall–Kier alpha value is -3.64. The predicted octanol–water partition coefficient (Wildman–Crippen LogP) is 3.47. The number of thiocarbonyl (C=S) groups is 2. The summed E-state index contributed by atoms with van der Waals surface area (Å²) in [5.74, 6) is 0.577. The molecule has 0 aliphatic carbocycles. The fraction of sp³-hybridized carbons (Fsp3) is 0.304. The van der Waals surface area contributed by atoms with E-state index in [0.29, 0.717) is 23.0 Å². The van der Waals surface area contributed by atoms with E-state index in [4.69, 9.17) is 53.1 Å². The zero-order chi connectivity index (χ0) is 26.1. The lowest BCUT2D eigenvalue weighted by Crippen LogP contribution is -2.33. The minimum Gasteiger partial charge on any atom is -0.497 e. The van der Waals surface area contributed by atoms with E-state index >= 15 is 0 Å². The number of ether oxygens (including phenoxy) is 4. The molecular formula is C23H26N2O8S2. The maximum atomic E-state index is 12.8. The number of hydrogen-bond acceptors (Lipinski definition) is 10. The van der Waals surface area contributed by atoms with E-state index in [1.165, 1.54) is 54.7 Å². The molecule has 0 bridgehead atoms. The number of carbonyl (C=O) groups is 2. The van der Waals surface area contributed by atoms with E-state index in [0.717, 1.165) is 10.1 Å². The lowest BCUT2D eigenvalue weighted by Gasteiger charge is -2.21. The summed E-state index contributed by atoms with van der Waals surface area (Å²) in [6.45, 7) is 0. The molecule has 188 valence electrons. The Morgan fingerprint density at radius 1 is 0.686 bits per heavy atom.